The van der Waals surface area contributed by atoms with Gasteiger partial charge in [-0.05, 0) is 12.8 Å². The Morgan fingerprint density at radius 1 is 1.56 bits per heavy atom. The minimum Gasteiger partial charge on any atom is -0.310 e. The van der Waals surface area contributed by atoms with Gasteiger partial charge in [0.05, 0.1) is 6.20 Å². The van der Waals surface area contributed by atoms with E-state index >= 15 is 0 Å². The number of alkyl halides is 2. The van der Waals surface area contributed by atoms with Crippen molar-refractivity contribution in [2.24, 2.45) is 5.92 Å². The number of anilines is 1. The van der Waals surface area contributed by atoms with E-state index in [0.29, 0.717) is 0 Å². The highest BCUT2D eigenvalue weighted by atomic mass is 19.3. The van der Waals surface area contributed by atoms with E-state index in [1.165, 1.54) is 6.20 Å². The Bertz CT molecular complexity index is 481. The number of carbonyl (C=O) groups excluding carboxylic acids is 1. The number of halogens is 2. The number of H-pyrrole nitrogens is 1. The Morgan fingerprint density at radius 3 is 2.83 bits per heavy atom. The van der Waals surface area contributed by atoms with Crippen molar-refractivity contribution in [2.75, 3.05) is 5.32 Å². The standard InChI is InChI=1S/C11H12F2N4O/c12-11(13)3-1-7(2-4-11)10(18)16-9-8(5-14)6-15-17-9/h6-7H,1-4H2,(H2,15,16,17,18). The van der Waals surface area contributed by atoms with Crippen LogP contribution in [0.2, 0.25) is 0 Å². The Morgan fingerprint density at radius 2 is 2.22 bits per heavy atom. The molecule has 7 heteroatoms. The fourth-order valence-corrected chi connectivity index (χ4v) is 1.99. The van der Waals surface area contributed by atoms with Gasteiger partial charge in [-0.15, -0.1) is 0 Å². The van der Waals surface area contributed by atoms with Crippen LogP contribution in [0.1, 0.15) is 31.2 Å². The fraction of sp³-hybridized carbons (Fsp3) is 0.545. The number of carbonyl (C=O) groups is 1. The third-order valence-corrected chi connectivity index (χ3v) is 3.10. The highest BCUT2D eigenvalue weighted by Gasteiger charge is 2.37. The average Bonchev–Trinajstić information content (AvgIpc) is 2.76. The highest BCUT2D eigenvalue weighted by molar-refractivity contribution is 5.92. The van der Waals surface area contributed by atoms with Crippen LogP contribution in [-0.2, 0) is 4.79 Å². The summed E-state index contributed by atoms with van der Waals surface area (Å²) in [7, 11) is 0. The van der Waals surface area contributed by atoms with Crippen molar-refractivity contribution in [2.45, 2.75) is 31.6 Å². The fourth-order valence-electron chi connectivity index (χ4n) is 1.99. The lowest BCUT2D eigenvalue weighted by molar-refractivity contribution is -0.124. The summed E-state index contributed by atoms with van der Waals surface area (Å²) in [5, 5.41) is 17.4. The Hall–Kier alpha value is -1.97. The zero-order valence-electron chi connectivity index (χ0n) is 9.54. The molecule has 0 bridgehead atoms. The number of nitrogens with one attached hydrogen (secondary N) is 2. The summed E-state index contributed by atoms with van der Waals surface area (Å²) in [6.07, 6.45) is 1.09. The molecule has 18 heavy (non-hydrogen) atoms. The van der Waals surface area contributed by atoms with Gasteiger partial charge in [-0.3, -0.25) is 9.89 Å². The smallest absolute Gasteiger partial charge is 0.248 e. The number of aromatic amines is 1. The molecular formula is C11H12F2N4O. The molecule has 1 aromatic heterocycles. The number of aromatic nitrogens is 2. The van der Waals surface area contributed by atoms with Crippen molar-refractivity contribution < 1.29 is 13.6 Å². The number of hydrogen-bond donors (Lipinski definition) is 2. The summed E-state index contributed by atoms with van der Waals surface area (Å²) in [6.45, 7) is 0. The molecule has 2 rings (SSSR count). The number of rotatable bonds is 2. The SMILES string of the molecule is N#Cc1cn[nH]c1NC(=O)C1CCC(F)(F)CC1. The maximum absolute atomic E-state index is 12.9. The molecule has 1 heterocycles. The van der Waals surface area contributed by atoms with Crippen molar-refractivity contribution >= 4 is 11.7 Å². The van der Waals surface area contributed by atoms with Gasteiger partial charge in [0.1, 0.15) is 17.5 Å². The van der Waals surface area contributed by atoms with E-state index < -0.39 is 11.8 Å². The molecule has 1 aliphatic rings. The van der Waals surface area contributed by atoms with E-state index in [-0.39, 0.29) is 43.0 Å². The molecule has 0 saturated heterocycles. The van der Waals surface area contributed by atoms with Gasteiger partial charge in [-0.2, -0.15) is 10.4 Å². The van der Waals surface area contributed by atoms with Crippen molar-refractivity contribution in [1.82, 2.24) is 10.2 Å². The molecule has 0 radical (unpaired) electrons. The summed E-state index contributed by atoms with van der Waals surface area (Å²) in [5.41, 5.74) is 0.226. The van der Waals surface area contributed by atoms with Crippen LogP contribution in [0.25, 0.3) is 0 Å². The van der Waals surface area contributed by atoms with E-state index in [2.05, 4.69) is 15.5 Å². The quantitative estimate of drug-likeness (QED) is 0.847. The van der Waals surface area contributed by atoms with Crippen LogP contribution in [0.3, 0.4) is 0 Å². The molecule has 1 fully saturated rings. The van der Waals surface area contributed by atoms with Gasteiger partial charge < -0.3 is 5.32 Å². The minimum absolute atomic E-state index is 0.162. The van der Waals surface area contributed by atoms with Crippen molar-refractivity contribution in [1.29, 1.82) is 5.26 Å². The van der Waals surface area contributed by atoms with Gasteiger partial charge in [0.15, 0.2) is 0 Å². The number of nitrogens with zero attached hydrogens (tertiary/aromatic N) is 2. The van der Waals surface area contributed by atoms with Crippen LogP contribution in [0.4, 0.5) is 14.6 Å². The predicted molar refractivity (Wildman–Crippen MR) is 58.8 cm³/mol. The molecule has 2 N–H and O–H groups in total. The summed E-state index contributed by atoms with van der Waals surface area (Å²) in [5.74, 6) is -3.20. The zero-order valence-corrected chi connectivity index (χ0v) is 9.54. The molecule has 0 aliphatic heterocycles. The van der Waals surface area contributed by atoms with E-state index in [4.69, 9.17) is 5.26 Å². The maximum Gasteiger partial charge on any atom is 0.248 e. The van der Waals surface area contributed by atoms with Gasteiger partial charge in [0, 0.05) is 18.8 Å². The molecule has 1 aromatic rings. The average molecular weight is 254 g/mol. The Kier molecular flexibility index (Phi) is 3.28. The summed E-state index contributed by atoms with van der Waals surface area (Å²) >= 11 is 0. The van der Waals surface area contributed by atoms with Gasteiger partial charge >= 0.3 is 0 Å². The number of hydrogen-bond acceptors (Lipinski definition) is 3. The lowest BCUT2D eigenvalue weighted by atomic mass is 9.86. The van der Waals surface area contributed by atoms with E-state index in [1.807, 2.05) is 6.07 Å². The topological polar surface area (TPSA) is 81.6 Å². The normalized spacial score (nSPS) is 19.2. The second-order valence-corrected chi connectivity index (χ2v) is 4.39. The van der Waals surface area contributed by atoms with Crippen molar-refractivity contribution in [3.63, 3.8) is 0 Å². The number of nitriles is 1. The number of amides is 1. The molecule has 1 aliphatic carbocycles. The molecule has 5 nitrogen and oxygen atoms in total. The largest absolute Gasteiger partial charge is 0.310 e. The first-order valence-electron chi connectivity index (χ1n) is 5.64. The first kappa shape index (κ1) is 12.5. The summed E-state index contributed by atoms with van der Waals surface area (Å²) < 4.78 is 25.9. The molecular weight excluding hydrogens is 242 g/mol. The lowest BCUT2D eigenvalue weighted by Crippen LogP contribution is -2.32. The molecule has 0 spiro atoms. The first-order chi connectivity index (χ1) is 8.52. The van der Waals surface area contributed by atoms with Crippen LogP contribution in [-0.4, -0.2) is 22.0 Å². The zero-order chi connectivity index (χ0) is 13.2. The van der Waals surface area contributed by atoms with Gasteiger partial charge in [0.25, 0.3) is 0 Å². The van der Waals surface area contributed by atoms with Crippen LogP contribution < -0.4 is 5.32 Å². The first-order valence-corrected chi connectivity index (χ1v) is 5.64. The predicted octanol–water partition coefficient (Wildman–Crippen LogP) is 2.05. The van der Waals surface area contributed by atoms with Crippen LogP contribution in [0.15, 0.2) is 6.20 Å². The monoisotopic (exact) mass is 254 g/mol. The molecule has 0 aromatic carbocycles. The van der Waals surface area contributed by atoms with Crippen molar-refractivity contribution in [3.05, 3.63) is 11.8 Å². The molecule has 1 amide bonds. The van der Waals surface area contributed by atoms with Crippen LogP contribution >= 0.6 is 0 Å². The summed E-state index contributed by atoms with van der Waals surface area (Å²) in [6, 6.07) is 1.87. The molecule has 1 saturated carbocycles. The van der Waals surface area contributed by atoms with Crippen molar-refractivity contribution in [3.8, 4) is 6.07 Å². The summed E-state index contributed by atoms with van der Waals surface area (Å²) in [4.78, 5) is 11.8. The minimum atomic E-state index is -2.65. The Labute approximate surface area is 102 Å². The molecule has 0 unspecified atom stereocenters. The highest BCUT2D eigenvalue weighted by Crippen LogP contribution is 2.36. The second-order valence-electron chi connectivity index (χ2n) is 4.39. The second kappa shape index (κ2) is 4.72. The third kappa shape index (κ3) is 2.64. The lowest BCUT2D eigenvalue weighted by Gasteiger charge is -2.27. The van der Waals surface area contributed by atoms with E-state index in [9.17, 15) is 13.6 Å². The molecule has 0 atom stereocenters. The maximum atomic E-state index is 12.9. The molecule has 96 valence electrons. The van der Waals surface area contributed by atoms with E-state index in [1.54, 1.807) is 0 Å². The van der Waals surface area contributed by atoms with Crippen LogP contribution in [0.5, 0.6) is 0 Å². The van der Waals surface area contributed by atoms with Gasteiger partial charge in [-0.1, -0.05) is 0 Å². The third-order valence-electron chi connectivity index (χ3n) is 3.10. The van der Waals surface area contributed by atoms with Gasteiger partial charge in [0.2, 0.25) is 11.8 Å². The van der Waals surface area contributed by atoms with Crippen LogP contribution in [0, 0.1) is 17.2 Å². The van der Waals surface area contributed by atoms with E-state index in [0.717, 1.165) is 0 Å². The van der Waals surface area contributed by atoms with Gasteiger partial charge in [-0.25, -0.2) is 8.78 Å². The Balaban J connectivity index is 1.96.